The van der Waals surface area contributed by atoms with Crippen molar-refractivity contribution >= 4 is 40.6 Å². The maximum atomic E-state index is 12.8. The molecule has 2 aliphatic rings. The second-order valence-electron chi connectivity index (χ2n) is 8.47. The van der Waals surface area contributed by atoms with Gasteiger partial charge in [0.2, 0.25) is 0 Å². The van der Waals surface area contributed by atoms with E-state index in [4.69, 9.17) is 0 Å². The Morgan fingerprint density at radius 3 is 2.68 bits per heavy atom. The number of anilines is 1. The summed E-state index contributed by atoms with van der Waals surface area (Å²) in [6.07, 6.45) is 4.41. The highest BCUT2D eigenvalue weighted by molar-refractivity contribution is 7.99. The molecule has 1 aliphatic carbocycles. The van der Waals surface area contributed by atoms with Crippen molar-refractivity contribution in [1.82, 2.24) is 10.3 Å². The van der Waals surface area contributed by atoms with Crippen LogP contribution in [0, 0.1) is 0 Å². The van der Waals surface area contributed by atoms with E-state index in [9.17, 15) is 9.59 Å². The third kappa shape index (κ3) is 4.24. The molecular weight excluding hydrogens is 462 g/mol. The van der Waals surface area contributed by atoms with Crippen LogP contribution >= 0.6 is 23.1 Å². The molecule has 2 heterocycles. The Balaban J connectivity index is 1.13. The van der Waals surface area contributed by atoms with Crippen molar-refractivity contribution in [3.63, 3.8) is 0 Å². The van der Waals surface area contributed by atoms with Gasteiger partial charge in [-0.25, -0.2) is 4.98 Å². The monoisotopic (exact) mass is 483 g/mol. The SMILES string of the molecule is O=C(NCc1cnc(-c2ccc(C3CC3)cc2)s1)c1ccc2c(c1)NC(=O)c1ccccc1S2. The van der Waals surface area contributed by atoms with Crippen LogP contribution < -0.4 is 10.6 Å². The van der Waals surface area contributed by atoms with Crippen LogP contribution in [0.4, 0.5) is 5.69 Å². The number of rotatable bonds is 5. The van der Waals surface area contributed by atoms with Crippen LogP contribution in [0.1, 0.15) is 49.9 Å². The first-order chi connectivity index (χ1) is 16.6. The maximum absolute atomic E-state index is 12.8. The smallest absolute Gasteiger partial charge is 0.256 e. The van der Waals surface area contributed by atoms with E-state index < -0.39 is 0 Å². The summed E-state index contributed by atoms with van der Waals surface area (Å²) in [7, 11) is 0. The third-order valence-corrected chi connectivity index (χ3v) is 8.22. The van der Waals surface area contributed by atoms with E-state index >= 15 is 0 Å². The topological polar surface area (TPSA) is 71.1 Å². The number of hydrogen-bond acceptors (Lipinski definition) is 5. The summed E-state index contributed by atoms with van der Waals surface area (Å²) in [6, 6.07) is 21.6. The van der Waals surface area contributed by atoms with Gasteiger partial charge in [0, 0.05) is 32.0 Å². The molecule has 0 atom stereocenters. The number of hydrogen-bond donors (Lipinski definition) is 2. The Kier molecular flexibility index (Phi) is 5.43. The van der Waals surface area contributed by atoms with E-state index in [-0.39, 0.29) is 11.8 Å². The minimum absolute atomic E-state index is 0.165. The number of aromatic nitrogens is 1. The molecule has 5 nitrogen and oxygen atoms in total. The standard InChI is InChI=1S/C27H21N3O2S2/c31-25(19-11-12-24-22(13-19)30-26(32)21-3-1-2-4-23(21)34-24)28-14-20-15-29-27(33-20)18-9-7-17(8-10-18)16-5-6-16/h1-4,7-13,15-16H,5-6,14H2,(H,28,31)(H,30,32). The lowest BCUT2D eigenvalue weighted by atomic mass is 10.1. The fraction of sp³-hybridized carbons (Fsp3) is 0.148. The molecular formula is C27H21N3O2S2. The molecule has 34 heavy (non-hydrogen) atoms. The van der Waals surface area contributed by atoms with Crippen molar-refractivity contribution in [2.24, 2.45) is 0 Å². The van der Waals surface area contributed by atoms with Gasteiger partial charge in [-0.2, -0.15) is 0 Å². The zero-order valence-electron chi connectivity index (χ0n) is 18.2. The average molecular weight is 484 g/mol. The third-order valence-electron chi connectivity index (χ3n) is 6.02. The predicted octanol–water partition coefficient (Wildman–Crippen LogP) is 6.33. The minimum Gasteiger partial charge on any atom is -0.347 e. The summed E-state index contributed by atoms with van der Waals surface area (Å²) >= 11 is 3.11. The summed E-state index contributed by atoms with van der Waals surface area (Å²) in [5.74, 6) is 0.389. The van der Waals surface area contributed by atoms with Gasteiger partial charge in [-0.05, 0) is 54.7 Å². The van der Waals surface area contributed by atoms with Gasteiger partial charge < -0.3 is 10.6 Å². The van der Waals surface area contributed by atoms with Crippen molar-refractivity contribution in [3.8, 4) is 10.6 Å². The number of fused-ring (bicyclic) bond motifs is 2. The first-order valence-electron chi connectivity index (χ1n) is 11.2. The number of carbonyl (C=O) groups is 2. The van der Waals surface area contributed by atoms with Crippen molar-refractivity contribution in [1.29, 1.82) is 0 Å². The summed E-state index contributed by atoms with van der Waals surface area (Å²) in [4.78, 5) is 32.8. The summed E-state index contributed by atoms with van der Waals surface area (Å²) in [5, 5.41) is 6.87. The van der Waals surface area contributed by atoms with Gasteiger partial charge in [-0.1, -0.05) is 48.2 Å². The van der Waals surface area contributed by atoms with E-state index in [2.05, 4.69) is 39.9 Å². The van der Waals surface area contributed by atoms with Crippen LogP contribution in [0.5, 0.6) is 0 Å². The van der Waals surface area contributed by atoms with Crippen LogP contribution in [0.3, 0.4) is 0 Å². The summed E-state index contributed by atoms with van der Waals surface area (Å²) in [5.41, 5.74) is 4.30. The molecule has 1 saturated carbocycles. The molecule has 0 radical (unpaired) electrons. The molecule has 1 aromatic heterocycles. The molecule has 3 aromatic carbocycles. The molecule has 1 aliphatic heterocycles. The Morgan fingerprint density at radius 1 is 1.03 bits per heavy atom. The highest BCUT2D eigenvalue weighted by atomic mass is 32.2. The van der Waals surface area contributed by atoms with Crippen LogP contribution in [0.2, 0.25) is 0 Å². The van der Waals surface area contributed by atoms with Crippen LogP contribution in [-0.2, 0) is 6.54 Å². The lowest BCUT2D eigenvalue weighted by Gasteiger charge is -2.09. The maximum Gasteiger partial charge on any atom is 0.256 e. The van der Waals surface area contributed by atoms with Gasteiger partial charge in [-0.3, -0.25) is 9.59 Å². The first-order valence-corrected chi connectivity index (χ1v) is 12.8. The molecule has 0 bridgehead atoms. The Hall–Kier alpha value is -3.42. The fourth-order valence-corrected chi connectivity index (χ4v) is 5.88. The Bertz CT molecular complexity index is 1410. The molecule has 2 N–H and O–H groups in total. The number of thiazole rings is 1. The van der Waals surface area contributed by atoms with Crippen molar-refractivity contribution in [2.75, 3.05) is 5.32 Å². The van der Waals surface area contributed by atoms with E-state index in [1.165, 1.54) is 30.2 Å². The summed E-state index contributed by atoms with van der Waals surface area (Å²) in [6.45, 7) is 0.403. The van der Waals surface area contributed by atoms with Gasteiger partial charge in [0.25, 0.3) is 11.8 Å². The molecule has 0 saturated heterocycles. The van der Waals surface area contributed by atoms with E-state index in [0.29, 0.717) is 23.4 Å². The minimum atomic E-state index is -0.187. The first kappa shape index (κ1) is 21.1. The van der Waals surface area contributed by atoms with Gasteiger partial charge in [-0.15, -0.1) is 11.3 Å². The zero-order valence-corrected chi connectivity index (χ0v) is 19.8. The van der Waals surface area contributed by atoms with Crippen LogP contribution in [-0.4, -0.2) is 16.8 Å². The Labute approximate surface area is 205 Å². The normalized spacial score (nSPS) is 14.5. The summed E-state index contributed by atoms with van der Waals surface area (Å²) < 4.78 is 0. The van der Waals surface area contributed by atoms with Gasteiger partial charge in [0.15, 0.2) is 0 Å². The number of nitrogens with one attached hydrogen (secondary N) is 2. The van der Waals surface area contributed by atoms with Crippen molar-refractivity contribution in [2.45, 2.75) is 35.1 Å². The predicted molar refractivity (Wildman–Crippen MR) is 136 cm³/mol. The molecule has 1 fully saturated rings. The average Bonchev–Trinajstić information content (AvgIpc) is 3.63. The van der Waals surface area contributed by atoms with E-state index in [0.717, 1.165) is 31.2 Å². The van der Waals surface area contributed by atoms with E-state index in [1.807, 2.05) is 36.5 Å². The molecule has 0 spiro atoms. The fourth-order valence-electron chi connectivity index (χ4n) is 4.02. The van der Waals surface area contributed by atoms with Crippen LogP contribution in [0.15, 0.2) is 82.7 Å². The van der Waals surface area contributed by atoms with Gasteiger partial charge in [0.1, 0.15) is 5.01 Å². The molecule has 0 unspecified atom stereocenters. The lowest BCUT2D eigenvalue weighted by Crippen LogP contribution is -2.22. The molecule has 7 heteroatoms. The number of nitrogens with zero attached hydrogens (tertiary/aromatic N) is 1. The number of benzene rings is 3. The zero-order chi connectivity index (χ0) is 23.1. The lowest BCUT2D eigenvalue weighted by molar-refractivity contribution is 0.0949. The number of amides is 2. The molecule has 168 valence electrons. The highest BCUT2D eigenvalue weighted by Gasteiger charge is 2.23. The largest absolute Gasteiger partial charge is 0.347 e. The van der Waals surface area contributed by atoms with Gasteiger partial charge in [0.05, 0.1) is 17.8 Å². The van der Waals surface area contributed by atoms with Crippen LogP contribution in [0.25, 0.3) is 10.6 Å². The molecule has 6 rings (SSSR count). The quantitative estimate of drug-likeness (QED) is 0.348. The second-order valence-corrected chi connectivity index (χ2v) is 10.7. The second kappa shape index (κ2) is 8.74. The highest BCUT2D eigenvalue weighted by Crippen LogP contribution is 2.41. The van der Waals surface area contributed by atoms with Crippen molar-refractivity contribution < 1.29 is 9.59 Å². The molecule has 2 amide bonds. The van der Waals surface area contributed by atoms with Crippen molar-refractivity contribution in [3.05, 3.63) is 94.5 Å². The Morgan fingerprint density at radius 2 is 1.85 bits per heavy atom. The van der Waals surface area contributed by atoms with E-state index in [1.54, 1.807) is 23.5 Å². The number of carbonyl (C=O) groups excluding carboxylic acids is 2. The molecule has 4 aromatic rings. The van der Waals surface area contributed by atoms with Gasteiger partial charge >= 0.3 is 0 Å².